The van der Waals surface area contributed by atoms with E-state index in [0.717, 1.165) is 11.3 Å². The molecule has 0 radical (unpaired) electrons. The van der Waals surface area contributed by atoms with Crippen molar-refractivity contribution in [1.29, 1.82) is 0 Å². The number of ether oxygens (including phenoxy) is 1. The molecule has 1 aromatic rings. The van der Waals surface area contributed by atoms with E-state index in [4.69, 9.17) is 12.2 Å². The average molecular weight is 311 g/mol. The highest BCUT2D eigenvalue weighted by atomic mass is 32.1. The second kappa shape index (κ2) is 8.41. The third-order valence-electron chi connectivity index (χ3n) is 2.99. The van der Waals surface area contributed by atoms with Crippen molar-refractivity contribution >= 4 is 23.3 Å². The number of rotatable bonds is 6. The van der Waals surface area contributed by atoms with E-state index in [1.807, 2.05) is 19.9 Å². The largest absolute Gasteiger partial charge is 0.469 e. The SMILES string of the molecule is COC(=O)CCCNC(=S)NCc1c(C)cc(C)[nH]c1=O. The van der Waals surface area contributed by atoms with Crippen molar-refractivity contribution in [2.75, 3.05) is 13.7 Å². The van der Waals surface area contributed by atoms with E-state index in [0.29, 0.717) is 36.6 Å². The van der Waals surface area contributed by atoms with Gasteiger partial charge in [-0.05, 0) is 44.1 Å². The summed E-state index contributed by atoms with van der Waals surface area (Å²) in [6, 6.07) is 1.92. The lowest BCUT2D eigenvalue weighted by Crippen LogP contribution is -2.37. The highest BCUT2D eigenvalue weighted by Gasteiger charge is 2.06. The first kappa shape index (κ1) is 17.2. The van der Waals surface area contributed by atoms with E-state index in [2.05, 4.69) is 20.4 Å². The Labute approximate surface area is 129 Å². The highest BCUT2D eigenvalue weighted by molar-refractivity contribution is 7.80. The summed E-state index contributed by atoms with van der Waals surface area (Å²) in [7, 11) is 1.36. The molecule has 7 heteroatoms. The Morgan fingerprint density at radius 2 is 2.10 bits per heavy atom. The maximum atomic E-state index is 11.8. The van der Waals surface area contributed by atoms with E-state index < -0.39 is 0 Å². The normalized spacial score (nSPS) is 10.0. The molecule has 1 rings (SSSR count). The summed E-state index contributed by atoms with van der Waals surface area (Å²) in [6.07, 6.45) is 0.988. The van der Waals surface area contributed by atoms with Crippen LogP contribution in [0.4, 0.5) is 0 Å². The van der Waals surface area contributed by atoms with Crippen LogP contribution < -0.4 is 16.2 Å². The summed E-state index contributed by atoms with van der Waals surface area (Å²) in [5.74, 6) is -0.238. The van der Waals surface area contributed by atoms with Crippen LogP contribution in [0.25, 0.3) is 0 Å². The smallest absolute Gasteiger partial charge is 0.305 e. The Kier molecular flexibility index (Phi) is 6.87. The summed E-state index contributed by atoms with van der Waals surface area (Å²) >= 11 is 5.12. The predicted octanol–water partition coefficient (Wildman–Crippen LogP) is 0.909. The van der Waals surface area contributed by atoms with Gasteiger partial charge in [0.2, 0.25) is 0 Å². The Morgan fingerprint density at radius 1 is 1.38 bits per heavy atom. The molecule has 0 aliphatic carbocycles. The number of aromatic nitrogens is 1. The molecule has 0 aliphatic rings. The van der Waals surface area contributed by atoms with Gasteiger partial charge in [-0.3, -0.25) is 9.59 Å². The first-order valence-electron chi connectivity index (χ1n) is 6.72. The summed E-state index contributed by atoms with van der Waals surface area (Å²) < 4.78 is 4.55. The van der Waals surface area contributed by atoms with Gasteiger partial charge in [0.05, 0.1) is 7.11 Å². The molecule has 0 spiro atoms. The van der Waals surface area contributed by atoms with Crippen molar-refractivity contribution in [3.05, 3.63) is 33.2 Å². The molecule has 0 saturated heterocycles. The average Bonchev–Trinajstić information content (AvgIpc) is 2.42. The molecule has 0 aliphatic heterocycles. The molecule has 0 unspecified atom stereocenters. The van der Waals surface area contributed by atoms with E-state index in [1.165, 1.54) is 7.11 Å². The maximum Gasteiger partial charge on any atom is 0.305 e. The lowest BCUT2D eigenvalue weighted by molar-refractivity contribution is -0.140. The molecule has 21 heavy (non-hydrogen) atoms. The molecule has 0 saturated carbocycles. The number of thiocarbonyl (C=S) groups is 1. The fourth-order valence-corrected chi connectivity index (χ4v) is 2.04. The quantitative estimate of drug-likeness (QED) is 0.411. The molecule has 6 nitrogen and oxygen atoms in total. The van der Waals surface area contributed by atoms with Crippen LogP contribution in [-0.4, -0.2) is 29.7 Å². The van der Waals surface area contributed by atoms with Gasteiger partial charge < -0.3 is 20.4 Å². The van der Waals surface area contributed by atoms with Gasteiger partial charge in [-0.25, -0.2) is 0 Å². The van der Waals surface area contributed by atoms with Crippen molar-refractivity contribution in [3.63, 3.8) is 0 Å². The Morgan fingerprint density at radius 3 is 2.71 bits per heavy atom. The monoisotopic (exact) mass is 311 g/mol. The topological polar surface area (TPSA) is 83.2 Å². The zero-order chi connectivity index (χ0) is 15.8. The number of nitrogens with one attached hydrogen (secondary N) is 3. The lowest BCUT2D eigenvalue weighted by atomic mass is 10.1. The predicted molar refractivity (Wildman–Crippen MR) is 85.2 cm³/mol. The number of hydrogen-bond acceptors (Lipinski definition) is 4. The number of esters is 1. The van der Waals surface area contributed by atoms with Crippen LogP contribution >= 0.6 is 12.2 Å². The molecule has 0 atom stereocenters. The Balaban J connectivity index is 2.37. The number of aryl methyl sites for hydroxylation is 2. The molecule has 0 aromatic carbocycles. The molecule has 0 amide bonds. The minimum atomic E-state index is -0.238. The van der Waals surface area contributed by atoms with Crippen molar-refractivity contribution < 1.29 is 9.53 Å². The molecule has 0 fully saturated rings. The second-order valence-electron chi connectivity index (χ2n) is 4.73. The van der Waals surface area contributed by atoms with Crippen LogP contribution in [0.2, 0.25) is 0 Å². The maximum absolute atomic E-state index is 11.8. The summed E-state index contributed by atoms with van der Waals surface area (Å²) in [5, 5.41) is 6.43. The van der Waals surface area contributed by atoms with Gasteiger partial charge in [-0.2, -0.15) is 0 Å². The van der Waals surface area contributed by atoms with Crippen LogP contribution in [0.1, 0.15) is 29.7 Å². The van der Waals surface area contributed by atoms with Crippen molar-refractivity contribution in [3.8, 4) is 0 Å². The standard InChI is InChI=1S/C14H21N3O3S/c1-9-7-10(2)17-13(19)11(9)8-16-14(21)15-6-4-5-12(18)20-3/h7H,4-6,8H2,1-3H3,(H,17,19)(H2,15,16,21). The summed E-state index contributed by atoms with van der Waals surface area (Å²) in [4.78, 5) is 25.5. The molecule has 1 heterocycles. The van der Waals surface area contributed by atoms with Crippen molar-refractivity contribution in [2.45, 2.75) is 33.2 Å². The number of methoxy groups -OCH3 is 1. The Bertz CT molecular complexity index is 569. The number of hydrogen-bond donors (Lipinski definition) is 3. The van der Waals surface area contributed by atoms with Gasteiger partial charge in [0.25, 0.3) is 5.56 Å². The van der Waals surface area contributed by atoms with Crippen LogP contribution in [0.15, 0.2) is 10.9 Å². The molecular formula is C14H21N3O3S. The van der Waals surface area contributed by atoms with Crippen LogP contribution in [0.3, 0.4) is 0 Å². The van der Waals surface area contributed by atoms with Crippen LogP contribution in [0.5, 0.6) is 0 Å². The highest BCUT2D eigenvalue weighted by Crippen LogP contribution is 2.02. The first-order chi connectivity index (χ1) is 9.93. The molecule has 0 bridgehead atoms. The van der Waals surface area contributed by atoms with Crippen molar-refractivity contribution in [2.24, 2.45) is 0 Å². The van der Waals surface area contributed by atoms with Gasteiger partial charge in [0.15, 0.2) is 5.11 Å². The number of aromatic amines is 1. The number of pyridine rings is 1. The van der Waals surface area contributed by atoms with E-state index in [-0.39, 0.29) is 11.5 Å². The first-order valence-corrected chi connectivity index (χ1v) is 7.12. The third kappa shape index (κ3) is 5.95. The lowest BCUT2D eigenvalue weighted by Gasteiger charge is -2.11. The Hall–Kier alpha value is -1.89. The minimum Gasteiger partial charge on any atom is -0.469 e. The van der Waals surface area contributed by atoms with Crippen LogP contribution in [0, 0.1) is 13.8 Å². The van der Waals surface area contributed by atoms with E-state index in [9.17, 15) is 9.59 Å². The zero-order valence-electron chi connectivity index (χ0n) is 12.5. The van der Waals surface area contributed by atoms with Gasteiger partial charge in [0, 0.05) is 30.8 Å². The van der Waals surface area contributed by atoms with E-state index in [1.54, 1.807) is 0 Å². The zero-order valence-corrected chi connectivity index (χ0v) is 13.4. The fraction of sp³-hybridized carbons (Fsp3) is 0.500. The van der Waals surface area contributed by atoms with Crippen molar-refractivity contribution in [1.82, 2.24) is 15.6 Å². The number of carbonyl (C=O) groups excluding carboxylic acids is 1. The number of carbonyl (C=O) groups is 1. The van der Waals surface area contributed by atoms with E-state index >= 15 is 0 Å². The molecular weight excluding hydrogens is 290 g/mol. The molecule has 116 valence electrons. The van der Waals surface area contributed by atoms with Gasteiger partial charge in [-0.1, -0.05) is 0 Å². The summed E-state index contributed by atoms with van der Waals surface area (Å²) in [6.45, 7) is 4.68. The van der Waals surface area contributed by atoms with Gasteiger partial charge >= 0.3 is 5.97 Å². The fourth-order valence-electron chi connectivity index (χ4n) is 1.87. The summed E-state index contributed by atoms with van der Waals surface area (Å²) in [5.41, 5.74) is 2.33. The number of H-pyrrole nitrogens is 1. The third-order valence-corrected chi connectivity index (χ3v) is 3.28. The second-order valence-corrected chi connectivity index (χ2v) is 5.14. The molecule has 1 aromatic heterocycles. The molecule has 3 N–H and O–H groups in total. The van der Waals surface area contributed by atoms with Gasteiger partial charge in [0.1, 0.15) is 0 Å². The van der Waals surface area contributed by atoms with Gasteiger partial charge in [-0.15, -0.1) is 0 Å². The van der Waals surface area contributed by atoms with Crippen LogP contribution in [-0.2, 0) is 16.1 Å². The minimum absolute atomic E-state index is 0.103.